The third kappa shape index (κ3) is 4.42. The second kappa shape index (κ2) is 7.31. The number of nitrogens with one attached hydrogen (secondary N) is 1. The van der Waals surface area contributed by atoms with E-state index in [4.69, 9.17) is 0 Å². The molecule has 2 heterocycles. The highest BCUT2D eigenvalue weighted by Crippen LogP contribution is 2.24. The zero-order chi connectivity index (χ0) is 17.9. The van der Waals surface area contributed by atoms with Gasteiger partial charge in [-0.2, -0.15) is 0 Å². The maximum Gasteiger partial charge on any atom is 0.271 e. The van der Waals surface area contributed by atoms with E-state index in [1.165, 1.54) is 17.3 Å². The molecule has 1 aliphatic rings. The minimum absolute atomic E-state index is 0.0345. The normalized spacial score (nSPS) is 16.1. The highest BCUT2D eigenvalue weighted by atomic mass is 16.2. The lowest BCUT2D eigenvalue weighted by molar-refractivity contribution is 0.0857. The van der Waals surface area contributed by atoms with Crippen LogP contribution in [0.1, 0.15) is 42.4 Å². The molecular weight excluding hydrogens is 312 g/mol. The first kappa shape index (κ1) is 17.5. The molecule has 0 fully saturated rings. The molecule has 5 heteroatoms. The molecule has 25 heavy (non-hydrogen) atoms. The van der Waals surface area contributed by atoms with Crippen LogP contribution in [0.2, 0.25) is 0 Å². The van der Waals surface area contributed by atoms with Crippen molar-refractivity contribution in [2.24, 2.45) is 5.41 Å². The van der Waals surface area contributed by atoms with Crippen LogP contribution in [0.25, 0.3) is 0 Å². The molecule has 0 radical (unpaired) electrons. The predicted molar refractivity (Wildman–Crippen MR) is 98.2 cm³/mol. The zero-order valence-corrected chi connectivity index (χ0v) is 15.2. The van der Waals surface area contributed by atoms with Crippen molar-refractivity contribution in [3.8, 4) is 0 Å². The average molecular weight is 338 g/mol. The van der Waals surface area contributed by atoms with Crippen LogP contribution >= 0.6 is 0 Å². The molecule has 1 N–H and O–H groups in total. The van der Waals surface area contributed by atoms with Gasteiger partial charge in [0.25, 0.3) is 5.91 Å². The van der Waals surface area contributed by atoms with Crippen molar-refractivity contribution in [3.05, 3.63) is 59.7 Å². The smallest absolute Gasteiger partial charge is 0.271 e. The molecule has 1 amide bonds. The Balaban J connectivity index is 1.69. The first-order chi connectivity index (χ1) is 11.9. The number of carbonyl (C=O) groups excluding carboxylic acids is 1. The van der Waals surface area contributed by atoms with E-state index in [1.807, 2.05) is 0 Å². The van der Waals surface area contributed by atoms with Crippen molar-refractivity contribution in [1.29, 1.82) is 0 Å². The molecule has 0 saturated heterocycles. The van der Waals surface area contributed by atoms with Crippen molar-refractivity contribution >= 4 is 5.91 Å². The highest BCUT2D eigenvalue weighted by Gasteiger charge is 2.30. The summed E-state index contributed by atoms with van der Waals surface area (Å²) in [5.41, 5.74) is 3.14. The van der Waals surface area contributed by atoms with Crippen LogP contribution < -0.4 is 5.32 Å². The van der Waals surface area contributed by atoms with Crippen molar-refractivity contribution in [1.82, 2.24) is 20.2 Å². The molecule has 0 unspecified atom stereocenters. The minimum Gasteiger partial charge on any atom is -0.346 e. The zero-order valence-electron chi connectivity index (χ0n) is 15.2. The van der Waals surface area contributed by atoms with Crippen molar-refractivity contribution in [2.45, 2.75) is 39.8 Å². The van der Waals surface area contributed by atoms with Gasteiger partial charge in [-0.25, -0.2) is 4.98 Å². The number of nitrogens with zero attached hydrogens (tertiary/aromatic N) is 3. The van der Waals surface area contributed by atoms with Gasteiger partial charge >= 0.3 is 0 Å². The second-order valence-corrected chi connectivity index (χ2v) is 7.74. The molecular formula is C20H26N4O. The van der Waals surface area contributed by atoms with Gasteiger partial charge < -0.3 is 5.32 Å². The molecule has 0 bridgehead atoms. The highest BCUT2D eigenvalue weighted by molar-refractivity contribution is 5.92. The fourth-order valence-corrected chi connectivity index (χ4v) is 3.15. The Labute approximate surface area is 149 Å². The third-order valence-electron chi connectivity index (χ3n) is 4.80. The van der Waals surface area contributed by atoms with Crippen LogP contribution in [-0.2, 0) is 13.0 Å². The van der Waals surface area contributed by atoms with Crippen LogP contribution in [0.15, 0.2) is 42.9 Å². The van der Waals surface area contributed by atoms with Crippen LogP contribution in [0, 0.1) is 5.41 Å². The van der Waals surface area contributed by atoms with Gasteiger partial charge in [0.15, 0.2) is 0 Å². The molecule has 3 rings (SSSR count). The molecule has 0 spiro atoms. The fourth-order valence-electron chi connectivity index (χ4n) is 3.15. The summed E-state index contributed by atoms with van der Waals surface area (Å²) in [7, 11) is 0. The van der Waals surface area contributed by atoms with E-state index < -0.39 is 0 Å². The summed E-state index contributed by atoms with van der Waals surface area (Å²) in [5, 5.41) is 3.16. The summed E-state index contributed by atoms with van der Waals surface area (Å²) in [6.07, 6.45) is 5.68. The van der Waals surface area contributed by atoms with Gasteiger partial charge in [-0.3, -0.25) is 14.7 Å². The lowest BCUT2D eigenvalue weighted by atomic mass is 9.85. The third-order valence-corrected chi connectivity index (χ3v) is 4.80. The van der Waals surface area contributed by atoms with Crippen molar-refractivity contribution in [2.75, 3.05) is 13.1 Å². The number of amides is 1. The van der Waals surface area contributed by atoms with Gasteiger partial charge in [-0.1, -0.05) is 45.0 Å². The number of carbonyl (C=O) groups is 1. The minimum atomic E-state index is -0.162. The van der Waals surface area contributed by atoms with E-state index in [0.29, 0.717) is 5.69 Å². The summed E-state index contributed by atoms with van der Waals surface area (Å²) >= 11 is 0. The van der Waals surface area contributed by atoms with E-state index in [-0.39, 0.29) is 17.4 Å². The Morgan fingerprint density at radius 3 is 2.68 bits per heavy atom. The Kier molecular flexibility index (Phi) is 5.13. The molecule has 132 valence electrons. The summed E-state index contributed by atoms with van der Waals surface area (Å²) in [5.74, 6) is -0.162. The van der Waals surface area contributed by atoms with Crippen molar-refractivity contribution < 1.29 is 4.79 Å². The number of hydrogen-bond acceptors (Lipinski definition) is 4. The number of aromatic nitrogens is 2. The number of hydrogen-bond donors (Lipinski definition) is 1. The van der Waals surface area contributed by atoms with Gasteiger partial charge in [0, 0.05) is 38.1 Å². The van der Waals surface area contributed by atoms with E-state index >= 15 is 0 Å². The lowest BCUT2D eigenvalue weighted by Crippen LogP contribution is -2.51. The van der Waals surface area contributed by atoms with Gasteiger partial charge in [0.2, 0.25) is 0 Å². The first-order valence-corrected chi connectivity index (χ1v) is 8.79. The predicted octanol–water partition coefficient (Wildman–Crippen LogP) is 2.68. The van der Waals surface area contributed by atoms with E-state index in [0.717, 1.165) is 26.1 Å². The Morgan fingerprint density at radius 1 is 1.24 bits per heavy atom. The molecule has 1 atom stereocenters. The fraction of sp³-hybridized carbons (Fsp3) is 0.450. The number of benzene rings is 1. The molecule has 1 aliphatic heterocycles. The summed E-state index contributed by atoms with van der Waals surface area (Å²) in [6, 6.07) is 8.65. The maximum absolute atomic E-state index is 12.5. The van der Waals surface area contributed by atoms with Crippen LogP contribution in [0.3, 0.4) is 0 Å². The molecule has 5 nitrogen and oxygen atoms in total. The topological polar surface area (TPSA) is 58.1 Å². The second-order valence-electron chi connectivity index (χ2n) is 7.74. The summed E-state index contributed by atoms with van der Waals surface area (Å²) in [6.45, 7) is 9.25. The number of rotatable bonds is 4. The standard InChI is InChI=1S/C20H26N4O/c1-20(2,3)18(23-19(25)17-12-21-9-10-22-17)14-24-11-8-15-6-4-5-7-16(15)13-24/h4-7,9-10,12,18H,8,11,13-14H2,1-3H3,(H,23,25)/t18-/m0/s1. The molecule has 0 saturated carbocycles. The maximum atomic E-state index is 12.5. The summed E-state index contributed by atoms with van der Waals surface area (Å²) < 4.78 is 0. The molecule has 2 aromatic rings. The first-order valence-electron chi connectivity index (χ1n) is 8.79. The SMILES string of the molecule is CC(C)(C)[C@H](CN1CCc2ccccc2C1)NC(=O)c1cnccn1. The van der Waals surface area contributed by atoms with Gasteiger partial charge in [-0.05, 0) is 23.0 Å². The van der Waals surface area contributed by atoms with Gasteiger partial charge in [0.1, 0.15) is 5.69 Å². The average Bonchev–Trinajstić information content (AvgIpc) is 2.61. The van der Waals surface area contributed by atoms with E-state index in [2.05, 4.69) is 65.2 Å². The van der Waals surface area contributed by atoms with Crippen LogP contribution in [0.4, 0.5) is 0 Å². The Hall–Kier alpha value is -2.27. The largest absolute Gasteiger partial charge is 0.346 e. The summed E-state index contributed by atoms with van der Waals surface area (Å²) in [4.78, 5) is 23.0. The molecule has 1 aromatic carbocycles. The lowest BCUT2D eigenvalue weighted by Gasteiger charge is -2.37. The quantitative estimate of drug-likeness (QED) is 0.931. The monoisotopic (exact) mass is 338 g/mol. The Morgan fingerprint density at radius 2 is 2.00 bits per heavy atom. The van der Waals surface area contributed by atoms with E-state index in [1.54, 1.807) is 12.4 Å². The van der Waals surface area contributed by atoms with E-state index in [9.17, 15) is 4.79 Å². The Bertz CT molecular complexity index is 724. The molecule has 1 aromatic heterocycles. The number of fused-ring (bicyclic) bond motifs is 1. The van der Waals surface area contributed by atoms with Crippen LogP contribution in [-0.4, -0.2) is 39.9 Å². The van der Waals surface area contributed by atoms with Gasteiger partial charge in [-0.15, -0.1) is 0 Å². The van der Waals surface area contributed by atoms with Gasteiger partial charge in [0.05, 0.1) is 6.20 Å². The van der Waals surface area contributed by atoms with Crippen molar-refractivity contribution in [3.63, 3.8) is 0 Å². The van der Waals surface area contributed by atoms with Crippen LogP contribution in [0.5, 0.6) is 0 Å². The molecule has 0 aliphatic carbocycles.